The third kappa shape index (κ3) is 1.84. The molecular formula is C16H16N2O2. The maximum Gasteiger partial charge on any atom is 0.231 e. The fraction of sp³-hybridized carbons (Fsp3) is 0.312. The van der Waals surface area contributed by atoms with E-state index in [4.69, 9.17) is 9.47 Å². The van der Waals surface area contributed by atoms with Crippen LogP contribution in [0.5, 0.6) is 11.5 Å². The summed E-state index contributed by atoms with van der Waals surface area (Å²) in [4.78, 5) is 4.56. The van der Waals surface area contributed by atoms with E-state index in [0.29, 0.717) is 6.79 Å². The highest BCUT2D eigenvalue weighted by Crippen LogP contribution is 2.39. The minimum atomic E-state index is 0.133. The summed E-state index contributed by atoms with van der Waals surface area (Å²) in [6.45, 7) is 3.32. The van der Waals surface area contributed by atoms with Gasteiger partial charge in [-0.15, -0.1) is 0 Å². The van der Waals surface area contributed by atoms with Crippen molar-refractivity contribution in [3.05, 3.63) is 52.8 Å². The molecule has 4 rings (SSSR count). The largest absolute Gasteiger partial charge is 0.454 e. The second-order valence-electron chi connectivity index (χ2n) is 5.30. The van der Waals surface area contributed by atoms with Crippen LogP contribution in [0.4, 0.5) is 0 Å². The van der Waals surface area contributed by atoms with E-state index < -0.39 is 0 Å². The second kappa shape index (κ2) is 4.49. The normalized spacial score (nSPS) is 19.8. The number of ether oxygens (including phenoxy) is 2. The summed E-state index contributed by atoms with van der Waals surface area (Å²) in [6.07, 6.45) is 2.92. The summed E-state index contributed by atoms with van der Waals surface area (Å²) < 4.78 is 11.0. The van der Waals surface area contributed by atoms with Crippen molar-refractivity contribution in [1.82, 2.24) is 10.3 Å². The molecule has 0 saturated carbocycles. The van der Waals surface area contributed by atoms with E-state index in [0.717, 1.165) is 30.2 Å². The Labute approximate surface area is 117 Å². The van der Waals surface area contributed by atoms with Crippen molar-refractivity contribution in [2.45, 2.75) is 19.4 Å². The number of pyridine rings is 1. The molecule has 0 aliphatic carbocycles. The first kappa shape index (κ1) is 11.7. The molecule has 2 aliphatic rings. The van der Waals surface area contributed by atoms with E-state index in [1.165, 1.54) is 16.7 Å². The van der Waals surface area contributed by atoms with E-state index in [9.17, 15) is 0 Å². The van der Waals surface area contributed by atoms with Gasteiger partial charge in [0.15, 0.2) is 11.5 Å². The summed E-state index contributed by atoms with van der Waals surface area (Å²) in [5.74, 6) is 1.70. The quantitative estimate of drug-likeness (QED) is 0.862. The first-order chi connectivity index (χ1) is 9.81. The van der Waals surface area contributed by atoms with E-state index >= 15 is 0 Å². The number of hydrogen-bond acceptors (Lipinski definition) is 4. The average Bonchev–Trinajstić information content (AvgIpc) is 2.92. The van der Waals surface area contributed by atoms with Crippen LogP contribution in [0, 0.1) is 6.92 Å². The van der Waals surface area contributed by atoms with Crippen LogP contribution in [-0.2, 0) is 6.42 Å². The zero-order valence-corrected chi connectivity index (χ0v) is 11.3. The van der Waals surface area contributed by atoms with Gasteiger partial charge in [0.1, 0.15) is 0 Å². The lowest BCUT2D eigenvalue weighted by molar-refractivity contribution is 0.174. The summed E-state index contributed by atoms with van der Waals surface area (Å²) in [5, 5.41) is 3.54. The Morgan fingerprint density at radius 2 is 2.05 bits per heavy atom. The number of aromatic nitrogens is 1. The van der Waals surface area contributed by atoms with Crippen molar-refractivity contribution in [3.63, 3.8) is 0 Å². The Morgan fingerprint density at radius 3 is 2.85 bits per heavy atom. The first-order valence-electron chi connectivity index (χ1n) is 6.89. The highest BCUT2D eigenvalue weighted by atomic mass is 16.7. The Kier molecular flexibility index (Phi) is 2.63. The third-order valence-electron chi connectivity index (χ3n) is 3.92. The Morgan fingerprint density at radius 1 is 1.20 bits per heavy atom. The monoisotopic (exact) mass is 268 g/mol. The van der Waals surface area contributed by atoms with E-state index in [1.807, 2.05) is 6.20 Å². The lowest BCUT2D eigenvalue weighted by Gasteiger charge is -2.27. The van der Waals surface area contributed by atoms with Gasteiger partial charge >= 0.3 is 0 Å². The molecule has 0 bridgehead atoms. The molecule has 20 heavy (non-hydrogen) atoms. The molecular weight excluding hydrogens is 252 g/mol. The zero-order chi connectivity index (χ0) is 13.5. The third-order valence-corrected chi connectivity index (χ3v) is 3.92. The van der Waals surface area contributed by atoms with Gasteiger partial charge in [-0.05, 0) is 48.2 Å². The van der Waals surface area contributed by atoms with Gasteiger partial charge in [-0.2, -0.15) is 0 Å². The summed E-state index contributed by atoms with van der Waals surface area (Å²) in [6, 6.07) is 8.53. The van der Waals surface area contributed by atoms with Gasteiger partial charge in [0.25, 0.3) is 0 Å². The number of rotatable bonds is 1. The van der Waals surface area contributed by atoms with Crippen molar-refractivity contribution < 1.29 is 9.47 Å². The first-order valence-corrected chi connectivity index (χ1v) is 6.89. The summed E-state index contributed by atoms with van der Waals surface area (Å²) in [7, 11) is 0. The lowest BCUT2D eigenvalue weighted by atomic mass is 9.91. The van der Waals surface area contributed by atoms with Crippen molar-refractivity contribution in [2.24, 2.45) is 0 Å². The van der Waals surface area contributed by atoms with Gasteiger partial charge in [-0.3, -0.25) is 4.98 Å². The summed E-state index contributed by atoms with van der Waals surface area (Å²) >= 11 is 0. The molecule has 1 unspecified atom stereocenters. The Balaban J connectivity index is 1.79. The van der Waals surface area contributed by atoms with Gasteiger partial charge in [-0.1, -0.05) is 6.07 Å². The summed E-state index contributed by atoms with van der Waals surface area (Å²) in [5.41, 5.74) is 4.79. The van der Waals surface area contributed by atoms with Gasteiger partial charge < -0.3 is 14.8 Å². The number of benzene rings is 1. The van der Waals surface area contributed by atoms with Crippen LogP contribution in [0.3, 0.4) is 0 Å². The number of hydrogen-bond donors (Lipinski definition) is 1. The predicted octanol–water partition coefficient (Wildman–Crippen LogP) is 2.35. The molecule has 0 saturated heterocycles. The topological polar surface area (TPSA) is 43.4 Å². The standard InChI is InChI=1S/C16H16N2O2/c1-10-2-3-13(18-8-10)16-12-7-15-14(19-9-20-15)6-11(12)4-5-17-16/h2-3,6-8,16-17H,4-5,9H2,1H3. The maximum atomic E-state index is 5.50. The molecule has 0 amide bonds. The van der Waals surface area contributed by atoms with Crippen LogP contribution in [0.2, 0.25) is 0 Å². The molecule has 0 spiro atoms. The van der Waals surface area contributed by atoms with Crippen LogP contribution >= 0.6 is 0 Å². The van der Waals surface area contributed by atoms with Crippen LogP contribution < -0.4 is 14.8 Å². The second-order valence-corrected chi connectivity index (χ2v) is 5.30. The highest BCUT2D eigenvalue weighted by molar-refractivity contribution is 5.52. The SMILES string of the molecule is Cc1ccc(C2NCCc3cc4c(cc32)OCO4)nc1. The van der Waals surface area contributed by atoms with Gasteiger partial charge in [-0.25, -0.2) is 0 Å². The smallest absolute Gasteiger partial charge is 0.231 e. The molecule has 1 atom stereocenters. The number of aryl methyl sites for hydroxylation is 1. The molecule has 1 N–H and O–H groups in total. The average molecular weight is 268 g/mol. The highest BCUT2D eigenvalue weighted by Gasteiger charge is 2.26. The fourth-order valence-corrected chi connectivity index (χ4v) is 2.86. The van der Waals surface area contributed by atoms with E-state index in [2.05, 4.69) is 41.5 Å². The van der Waals surface area contributed by atoms with Crippen LogP contribution in [0.15, 0.2) is 30.5 Å². The maximum absolute atomic E-state index is 5.50. The van der Waals surface area contributed by atoms with E-state index in [-0.39, 0.29) is 6.04 Å². The molecule has 1 aromatic carbocycles. The molecule has 4 nitrogen and oxygen atoms in total. The van der Waals surface area contributed by atoms with Crippen LogP contribution in [0.25, 0.3) is 0 Å². The van der Waals surface area contributed by atoms with Crippen molar-refractivity contribution in [1.29, 1.82) is 0 Å². The molecule has 4 heteroatoms. The van der Waals surface area contributed by atoms with Gasteiger partial charge in [0, 0.05) is 12.7 Å². The molecule has 3 heterocycles. The van der Waals surface area contributed by atoms with Gasteiger partial charge in [0.05, 0.1) is 11.7 Å². The van der Waals surface area contributed by atoms with Crippen molar-refractivity contribution >= 4 is 0 Å². The minimum Gasteiger partial charge on any atom is -0.454 e. The van der Waals surface area contributed by atoms with Crippen LogP contribution in [-0.4, -0.2) is 18.3 Å². The molecule has 0 fully saturated rings. The number of nitrogens with zero attached hydrogens (tertiary/aromatic N) is 1. The van der Waals surface area contributed by atoms with Gasteiger partial charge in [0.2, 0.25) is 6.79 Å². The zero-order valence-electron chi connectivity index (χ0n) is 11.3. The molecule has 2 aromatic rings. The Bertz CT molecular complexity index is 652. The molecule has 102 valence electrons. The fourth-order valence-electron chi connectivity index (χ4n) is 2.86. The molecule has 0 radical (unpaired) electrons. The van der Waals surface area contributed by atoms with Crippen LogP contribution in [0.1, 0.15) is 28.4 Å². The number of nitrogens with one attached hydrogen (secondary N) is 1. The van der Waals surface area contributed by atoms with Crippen molar-refractivity contribution in [3.8, 4) is 11.5 Å². The molecule has 1 aromatic heterocycles. The Hall–Kier alpha value is -2.07. The predicted molar refractivity (Wildman–Crippen MR) is 75.1 cm³/mol. The minimum absolute atomic E-state index is 0.133. The van der Waals surface area contributed by atoms with Crippen molar-refractivity contribution in [2.75, 3.05) is 13.3 Å². The van der Waals surface area contributed by atoms with E-state index in [1.54, 1.807) is 0 Å². The lowest BCUT2D eigenvalue weighted by Crippen LogP contribution is -2.31. The number of fused-ring (bicyclic) bond motifs is 2. The molecule has 2 aliphatic heterocycles.